The van der Waals surface area contributed by atoms with Crippen LogP contribution in [0.1, 0.15) is 5.56 Å². The molecule has 0 aliphatic rings. The molecule has 1 aromatic carbocycles. The number of aromatic amines is 1. The van der Waals surface area contributed by atoms with Gasteiger partial charge in [-0.05, 0) is 24.6 Å². The number of imidazole rings is 1. The molecule has 3 nitrogen and oxygen atoms in total. The van der Waals surface area contributed by atoms with Gasteiger partial charge in [0.15, 0.2) is 0 Å². The van der Waals surface area contributed by atoms with E-state index >= 15 is 0 Å². The van der Waals surface area contributed by atoms with Gasteiger partial charge in [-0.15, -0.1) is 0 Å². The lowest BCUT2D eigenvalue weighted by Crippen LogP contribution is -1.87. The summed E-state index contributed by atoms with van der Waals surface area (Å²) in [4.78, 5) is 6.76. The van der Waals surface area contributed by atoms with Crippen LogP contribution >= 0.6 is 0 Å². The summed E-state index contributed by atoms with van der Waals surface area (Å²) in [6.07, 6.45) is 3.17. The molecule has 0 spiro atoms. The first kappa shape index (κ1) is 8.74. The van der Waals surface area contributed by atoms with Crippen molar-refractivity contribution in [3.05, 3.63) is 35.9 Å². The largest absolute Gasteiger partial charge is 0.507 e. The lowest BCUT2D eigenvalue weighted by atomic mass is 10.1. The number of aromatic hydroxyl groups is 1. The Bertz CT molecular complexity index is 451. The molecule has 0 atom stereocenters. The number of nitrogens with zero attached hydrogens (tertiary/aromatic N) is 1. The highest BCUT2D eigenvalue weighted by Gasteiger charge is 2.10. The van der Waals surface area contributed by atoms with Crippen molar-refractivity contribution < 1.29 is 9.50 Å². The fourth-order valence-electron chi connectivity index (χ4n) is 1.33. The van der Waals surface area contributed by atoms with Crippen LogP contribution in [0.4, 0.5) is 4.39 Å². The topological polar surface area (TPSA) is 48.9 Å². The Morgan fingerprint density at radius 1 is 1.43 bits per heavy atom. The van der Waals surface area contributed by atoms with E-state index in [-0.39, 0.29) is 11.6 Å². The third-order valence-corrected chi connectivity index (χ3v) is 2.02. The first-order chi connectivity index (χ1) is 6.68. The van der Waals surface area contributed by atoms with Gasteiger partial charge in [0.1, 0.15) is 17.4 Å². The summed E-state index contributed by atoms with van der Waals surface area (Å²) in [6, 6.07) is 2.53. The minimum absolute atomic E-state index is 0.0568. The Hall–Kier alpha value is -1.84. The van der Waals surface area contributed by atoms with E-state index in [4.69, 9.17) is 0 Å². The second kappa shape index (κ2) is 3.14. The highest BCUT2D eigenvalue weighted by Crippen LogP contribution is 2.30. The van der Waals surface area contributed by atoms with E-state index in [2.05, 4.69) is 9.97 Å². The van der Waals surface area contributed by atoms with Crippen molar-refractivity contribution in [2.24, 2.45) is 0 Å². The van der Waals surface area contributed by atoms with Crippen molar-refractivity contribution in [1.29, 1.82) is 0 Å². The Morgan fingerprint density at radius 3 is 2.86 bits per heavy atom. The van der Waals surface area contributed by atoms with E-state index in [0.29, 0.717) is 17.0 Å². The van der Waals surface area contributed by atoms with Crippen LogP contribution in [0.5, 0.6) is 5.75 Å². The van der Waals surface area contributed by atoms with Gasteiger partial charge < -0.3 is 10.1 Å². The number of benzene rings is 1. The molecular weight excluding hydrogens is 183 g/mol. The number of aromatic nitrogens is 2. The van der Waals surface area contributed by atoms with Crippen molar-refractivity contribution in [3.63, 3.8) is 0 Å². The van der Waals surface area contributed by atoms with Crippen molar-refractivity contribution in [1.82, 2.24) is 9.97 Å². The number of nitrogens with one attached hydrogen (secondary N) is 1. The molecule has 1 aromatic heterocycles. The molecule has 1 heterocycles. The number of H-pyrrole nitrogens is 1. The molecule has 0 radical (unpaired) electrons. The molecule has 0 bridgehead atoms. The molecule has 0 amide bonds. The van der Waals surface area contributed by atoms with Crippen molar-refractivity contribution >= 4 is 0 Å². The molecule has 0 fully saturated rings. The van der Waals surface area contributed by atoms with Crippen LogP contribution < -0.4 is 0 Å². The van der Waals surface area contributed by atoms with E-state index in [0.717, 1.165) is 0 Å². The van der Waals surface area contributed by atoms with Crippen molar-refractivity contribution in [2.75, 3.05) is 0 Å². The van der Waals surface area contributed by atoms with Gasteiger partial charge in [-0.3, -0.25) is 0 Å². The minimum Gasteiger partial charge on any atom is -0.507 e. The molecule has 0 unspecified atom stereocenters. The zero-order chi connectivity index (χ0) is 10.1. The maximum Gasteiger partial charge on any atom is 0.141 e. The molecule has 14 heavy (non-hydrogen) atoms. The van der Waals surface area contributed by atoms with E-state index in [1.54, 1.807) is 19.3 Å². The summed E-state index contributed by atoms with van der Waals surface area (Å²) in [7, 11) is 0. The number of halogens is 1. The van der Waals surface area contributed by atoms with Crippen LogP contribution in [0.25, 0.3) is 11.4 Å². The van der Waals surface area contributed by atoms with Crippen LogP contribution in [-0.4, -0.2) is 15.1 Å². The van der Waals surface area contributed by atoms with Crippen molar-refractivity contribution in [3.8, 4) is 17.1 Å². The Morgan fingerprint density at radius 2 is 2.21 bits per heavy atom. The van der Waals surface area contributed by atoms with Crippen LogP contribution in [0.15, 0.2) is 24.5 Å². The molecular formula is C10H9FN2O. The zero-order valence-corrected chi connectivity index (χ0v) is 7.58. The lowest BCUT2D eigenvalue weighted by molar-refractivity contribution is 0.470. The maximum atomic E-state index is 13.0. The first-order valence-electron chi connectivity index (χ1n) is 4.17. The monoisotopic (exact) mass is 192 g/mol. The highest BCUT2D eigenvalue weighted by atomic mass is 19.1. The van der Waals surface area contributed by atoms with E-state index in [1.807, 2.05) is 0 Å². The average Bonchev–Trinajstić information content (AvgIpc) is 2.63. The number of phenols is 1. The van der Waals surface area contributed by atoms with Crippen LogP contribution in [0.2, 0.25) is 0 Å². The molecule has 0 aliphatic heterocycles. The Labute approximate surface area is 80.2 Å². The average molecular weight is 192 g/mol. The summed E-state index contributed by atoms with van der Waals surface area (Å²) >= 11 is 0. The summed E-state index contributed by atoms with van der Waals surface area (Å²) < 4.78 is 13.0. The smallest absolute Gasteiger partial charge is 0.141 e. The third kappa shape index (κ3) is 1.35. The second-order valence-corrected chi connectivity index (χ2v) is 3.06. The van der Waals surface area contributed by atoms with Gasteiger partial charge in [-0.2, -0.15) is 0 Å². The van der Waals surface area contributed by atoms with Crippen molar-refractivity contribution in [2.45, 2.75) is 6.92 Å². The lowest BCUT2D eigenvalue weighted by Gasteiger charge is -2.04. The molecule has 0 aliphatic carbocycles. The van der Waals surface area contributed by atoms with E-state index < -0.39 is 0 Å². The van der Waals surface area contributed by atoms with Crippen LogP contribution in [0.3, 0.4) is 0 Å². The number of aryl methyl sites for hydroxylation is 1. The predicted octanol–water partition coefficient (Wildman–Crippen LogP) is 2.23. The van der Waals surface area contributed by atoms with Gasteiger partial charge in [0.25, 0.3) is 0 Å². The molecule has 2 aromatic rings. The number of hydrogen-bond acceptors (Lipinski definition) is 2. The number of hydrogen-bond donors (Lipinski definition) is 2. The summed E-state index contributed by atoms with van der Waals surface area (Å²) in [6.45, 7) is 1.64. The third-order valence-electron chi connectivity index (χ3n) is 2.02. The molecule has 2 rings (SSSR count). The predicted molar refractivity (Wildman–Crippen MR) is 50.4 cm³/mol. The zero-order valence-electron chi connectivity index (χ0n) is 7.58. The first-order valence-corrected chi connectivity index (χ1v) is 4.17. The van der Waals surface area contributed by atoms with Crippen LogP contribution in [0, 0.1) is 12.7 Å². The Balaban J connectivity index is 2.64. The van der Waals surface area contributed by atoms with Gasteiger partial charge in [0.2, 0.25) is 0 Å². The fourth-order valence-corrected chi connectivity index (χ4v) is 1.33. The normalized spacial score (nSPS) is 10.4. The molecule has 2 N–H and O–H groups in total. The highest BCUT2D eigenvalue weighted by molar-refractivity contribution is 5.65. The second-order valence-electron chi connectivity index (χ2n) is 3.06. The van der Waals surface area contributed by atoms with Gasteiger partial charge in [0.05, 0.1) is 5.56 Å². The quantitative estimate of drug-likeness (QED) is 0.727. The summed E-state index contributed by atoms with van der Waals surface area (Å²) in [5.74, 6) is 0.137. The van der Waals surface area contributed by atoms with E-state index in [1.165, 1.54) is 12.1 Å². The fraction of sp³-hybridized carbons (Fsp3) is 0.100. The van der Waals surface area contributed by atoms with Gasteiger partial charge in [0, 0.05) is 12.4 Å². The molecule has 0 saturated heterocycles. The SMILES string of the molecule is Cc1cc(F)cc(-c2ncc[nH]2)c1O. The van der Waals surface area contributed by atoms with Crippen LogP contribution in [-0.2, 0) is 0 Å². The maximum absolute atomic E-state index is 13.0. The molecule has 0 saturated carbocycles. The van der Waals surface area contributed by atoms with Gasteiger partial charge >= 0.3 is 0 Å². The molecule has 72 valence electrons. The summed E-state index contributed by atoms with van der Waals surface area (Å²) in [5, 5.41) is 9.67. The Kier molecular flexibility index (Phi) is 1.96. The van der Waals surface area contributed by atoms with E-state index in [9.17, 15) is 9.50 Å². The van der Waals surface area contributed by atoms with Gasteiger partial charge in [-0.1, -0.05) is 0 Å². The molecule has 4 heteroatoms. The minimum atomic E-state index is -0.383. The standard InChI is InChI=1S/C10H9FN2O/c1-6-4-7(11)5-8(9(6)14)10-12-2-3-13-10/h2-5,14H,1H3,(H,12,13). The number of rotatable bonds is 1. The number of phenolic OH excluding ortho intramolecular Hbond substituents is 1. The summed E-state index contributed by atoms with van der Waals surface area (Å²) in [5.41, 5.74) is 0.879. The van der Waals surface area contributed by atoms with Gasteiger partial charge in [-0.25, -0.2) is 9.37 Å².